The number of carbonyl (C=O) groups is 3. The van der Waals surface area contributed by atoms with Gasteiger partial charge in [0.1, 0.15) is 6.61 Å². The Kier molecular flexibility index (Phi) is 20.1. The molecule has 0 atom stereocenters. The molecule has 0 bridgehead atoms. The summed E-state index contributed by atoms with van der Waals surface area (Å²) < 4.78 is 11.7. The predicted molar refractivity (Wildman–Crippen MR) is 127 cm³/mol. The van der Waals surface area contributed by atoms with E-state index in [1.165, 1.54) is 16.8 Å². The van der Waals surface area contributed by atoms with E-state index in [0.29, 0.717) is 5.69 Å². The molecule has 0 spiro atoms. The fourth-order valence-corrected chi connectivity index (χ4v) is 1.71. The van der Waals surface area contributed by atoms with E-state index in [1.807, 2.05) is 55.4 Å². The van der Waals surface area contributed by atoms with E-state index < -0.39 is 12.2 Å². The van der Waals surface area contributed by atoms with Gasteiger partial charge in [0.05, 0.1) is 0 Å². The highest BCUT2D eigenvalue weighted by Gasteiger charge is 2.13. The molecule has 0 heterocycles. The molecule has 0 aliphatic heterocycles. The minimum Gasteiger partial charge on any atom is -0.465 e. The Morgan fingerprint density at radius 2 is 1.45 bits per heavy atom. The number of benzene rings is 1. The predicted octanol–water partition coefficient (Wildman–Crippen LogP) is 5.54. The van der Waals surface area contributed by atoms with Gasteiger partial charge in [-0.3, -0.25) is 4.79 Å². The molecular formula is C23H43N3O5. The van der Waals surface area contributed by atoms with Crippen LogP contribution in [-0.2, 0) is 16.1 Å². The minimum atomic E-state index is -0.795. The van der Waals surface area contributed by atoms with E-state index >= 15 is 0 Å². The van der Waals surface area contributed by atoms with Crippen LogP contribution in [0.15, 0.2) is 24.3 Å². The Labute approximate surface area is 190 Å². The number of nitrogens with zero attached hydrogens (tertiary/aromatic N) is 2. The summed E-state index contributed by atoms with van der Waals surface area (Å²) in [5.74, 6) is -0.168. The quantitative estimate of drug-likeness (QED) is 0.578. The lowest BCUT2D eigenvalue weighted by atomic mass is 10.2. The zero-order chi connectivity index (χ0) is 25.7. The standard InChI is InChI=1S/C17H25N3O5.3C2H6/c1-12(2)15(21)18-14-7-5-13(6-8-14)11-25-17(24)20(4)10-9-19(3)16(22)23;3*1-2/h5-8,12H,9-11H2,1-4H3,(H,18,21)(H,22,23);3*1-2H3/i/hD. The average molecular weight is 443 g/mol. The van der Waals surface area contributed by atoms with Crippen molar-refractivity contribution in [3.8, 4) is 0 Å². The van der Waals surface area contributed by atoms with E-state index in [4.69, 9.17) is 6.17 Å². The van der Waals surface area contributed by atoms with Crippen molar-refractivity contribution in [1.82, 2.24) is 9.80 Å². The summed E-state index contributed by atoms with van der Waals surface area (Å²) in [7, 11) is 3.02. The van der Waals surface area contributed by atoms with Crippen LogP contribution in [-0.4, -0.2) is 60.2 Å². The van der Waals surface area contributed by atoms with Gasteiger partial charge in [0.25, 0.3) is 1.43 Å². The number of hydrogen-bond donors (Lipinski definition) is 2. The molecule has 0 saturated carbocycles. The van der Waals surface area contributed by atoms with Crippen LogP contribution in [0.4, 0.5) is 15.3 Å². The molecule has 0 aliphatic carbocycles. The van der Waals surface area contributed by atoms with Crippen molar-refractivity contribution < 1.29 is 24.2 Å². The van der Waals surface area contributed by atoms with Gasteiger partial charge in [0.2, 0.25) is 5.91 Å². The highest BCUT2D eigenvalue weighted by molar-refractivity contribution is 5.92. The van der Waals surface area contributed by atoms with Gasteiger partial charge in [0.15, 0.2) is 0 Å². The van der Waals surface area contributed by atoms with Gasteiger partial charge in [-0.2, -0.15) is 0 Å². The Balaban J connectivity index is -0.00000129. The topological polar surface area (TPSA) is 99.2 Å². The second-order valence-electron chi connectivity index (χ2n) is 6.00. The number of carboxylic acid groups (broad SMARTS) is 1. The van der Waals surface area contributed by atoms with Crippen molar-refractivity contribution in [3.05, 3.63) is 29.8 Å². The van der Waals surface area contributed by atoms with Gasteiger partial charge < -0.3 is 25.0 Å². The summed E-state index contributed by atoms with van der Waals surface area (Å²) in [6.45, 7) is 16.2. The fraction of sp³-hybridized carbons (Fsp3) is 0.609. The van der Waals surface area contributed by atoms with Gasteiger partial charge in [-0.15, -0.1) is 0 Å². The molecule has 8 nitrogen and oxygen atoms in total. The van der Waals surface area contributed by atoms with Crippen molar-refractivity contribution in [2.24, 2.45) is 5.92 Å². The van der Waals surface area contributed by atoms with Crippen LogP contribution in [0.5, 0.6) is 0 Å². The van der Waals surface area contributed by atoms with Crippen LogP contribution in [0.25, 0.3) is 1.43 Å². The molecular weight excluding hydrogens is 398 g/mol. The molecule has 0 saturated heterocycles. The van der Waals surface area contributed by atoms with Crippen LogP contribution in [0.1, 0.15) is 61.0 Å². The summed E-state index contributed by atoms with van der Waals surface area (Å²) in [6, 6.07) is 7.02. The van der Waals surface area contributed by atoms with Gasteiger partial charge in [-0.25, -0.2) is 9.59 Å². The first kappa shape index (κ1) is 30.4. The number of nitrogens with one attached hydrogen (secondary N) is 1. The van der Waals surface area contributed by atoms with Gasteiger partial charge in [0, 0.05) is 38.8 Å². The van der Waals surface area contributed by atoms with Crippen molar-refractivity contribution in [2.75, 3.05) is 32.5 Å². The van der Waals surface area contributed by atoms with E-state index in [0.717, 1.165) is 5.56 Å². The number of amides is 3. The molecule has 31 heavy (non-hydrogen) atoms. The second kappa shape index (κ2) is 20.5. The van der Waals surface area contributed by atoms with Crippen LogP contribution in [0, 0.1) is 5.92 Å². The summed E-state index contributed by atoms with van der Waals surface area (Å²) in [6.07, 6.45) is -1.33. The summed E-state index contributed by atoms with van der Waals surface area (Å²) in [4.78, 5) is 37.2. The summed E-state index contributed by atoms with van der Waals surface area (Å²) >= 11 is 0. The lowest BCUT2D eigenvalue weighted by Crippen LogP contribution is -2.36. The first-order valence-electron chi connectivity index (χ1n) is 11.3. The number of hydrogen-bond acceptors (Lipinski definition) is 5. The fourth-order valence-electron chi connectivity index (χ4n) is 1.71. The lowest BCUT2D eigenvalue weighted by Gasteiger charge is -2.20. The maximum atomic E-state index is 11.9. The number of anilines is 1. The average Bonchev–Trinajstić information content (AvgIpc) is 2.84. The lowest BCUT2D eigenvalue weighted by molar-refractivity contribution is -0.118. The van der Waals surface area contributed by atoms with Gasteiger partial charge in [-0.1, -0.05) is 67.5 Å². The largest absolute Gasteiger partial charge is 0.465 e. The maximum absolute atomic E-state index is 11.9. The van der Waals surface area contributed by atoms with Crippen LogP contribution in [0.3, 0.4) is 0 Å². The molecule has 8 heteroatoms. The van der Waals surface area contributed by atoms with Crippen LogP contribution in [0.2, 0.25) is 0 Å². The third kappa shape index (κ3) is 15.7. The molecule has 180 valence electrons. The van der Waals surface area contributed by atoms with Gasteiger partial charge in [-0.05, 0) is 17.7 Å². The highest BCUT2D eigenvalue weighted by atomic mass is 16.6. The second-order valence-corrected chi connectivity index (χ2v) is 6.00. The molecule has 0 radical (unpaired) electrons. The Hall–Kier alpha value is -2.77. The van der Waals surface area contributed by atoms with E-state index in [1.54, 1.807) is 31.3 Å². The Morgan fingerprint density at radius 1 is 0.968 bits per heavy atom. The van der Waals surface area contributed by atoms with Crippen molar-refractivity contribution >= 4 is 23.8 Å². The highest BCUT2D eigenvalue weighted by Crippen LogP contribution is 2.12. The summed E-state index contributed by atoms with van der Waals surface area (Å²) in [5, 5.41) is 6.61. The maximum Gasteiger partial charge on any atom is 0.409 e. The van der Waals surface area contributed by atoms with Crippen LogP contribution < -0.4 is 5.32 Å². The Morgan fingerprint density at radius 3 is 1.90 bits per heavy atom. The number of rotatable bonds is 7. The zero-order valence-corrected chi connectivity index (χ0v) is 20.9. The number of carbonyl (C=O) groups excluding carboxylic acids is 2. The third-order valence-electron chi connectivity index (χ3n) is 3.50. The molecule has 3 amide bonds. The monoisotopic (exact) mass is 442 g/mol. The van der Waals surface area contributed by atoms with Crippen LogP contribution >= 0.6 is 0 Å². The van der Waals surface area contributed by atoms with E-state index in [2.05, 4.69) is 10.4 Å². The molecule has 2 N–H and O–H groups in total. The Bertz CT molecular complexity index is 625. The SMILES string of the molecule is CC.CC.CC.[2H]OC(=O)N(C)CCN(C)C(=O)OCc1ccc(NC(=O)C(C)C)cc1. The normalized spacial score (nSPS) is 9.19. The number of likely N-dealkylation sites (N-methyl/N-ethyl adjacent to an activating group) is 2. The molecule has 0 aliphatic rings. The first-order valence-corrected chi connectivity index (χ1v) is 10.9. The molecule has 0 aromatic heterocycles. The molecule has 0 fully saturated rings. The van der Waals surface area contributed by atoms with Gasteiger partial charge >= 0.3 is 12.2 Å². The van der Waals surface area contributed by atoms with E-state index in [9.17, 15) is 14.4 Å². The zero-order valence-electron chi connectivity index (χ0n) is 21.9. The van der Waals surface area contributed by atoms with Crippen molar-refractivity contribution in [3.63, 3.8) is 0 Å². The number of ether oxygens (including phenoxy) is 1. The van der Waals surface area contributed by atoms with E-state index in [-0.39, 0.29) is 31.5 Å². The third-order valence-corrected chi connectivity index (χ3v) is 3.50. The molecule has 1 rings (SSSR count). The molecule has 1 aromatic carbocycles. The summed E-state index contributed by atoms with van der Waals surface area (Å²) in [5.41, 5.74) is 1.46. The minimum absolute atomic E-state index is 0.0648. The van der Waals surface area contributed by atoms with Crippen molar-refractivity contribution in [2.45, 2.75) is 62.0 Å². The molecule has 0 unspecified atom stereocenters. The van der Waals surface area contributed by atoms with Crippen molar-refractivity contribution in [1.29, 1.82) is 1.43 Å². The smallest absolute Gasteiger partial charge is 0.409 e. The molecule has 1 aromatic rings. The first-order chi connectivity index (χ1) is 15.2.